The summed E-state index contributed by atoms with van der Waals surface area (Å²) in [5.74, 6) is -1.36. The van der Waals surface area contributed by atoms with Crippen LogP contribution in [0.2, 0.25) is 0 Å². The van der Waals surface area contributed by atoms with Crippen LogP contribution in [0.25, 0.3) is 0 Å². The Bertz CT molecular complexity index is 2740. The Balaban J connectivity index is 1.48. The molecule has 0 aromatic heterocycles. The summed E-state index contributed by atoms with van der Waals surface area (Å²) in [6, 6.07) is 0. The van der Waals surface area contributed by atoms with E-state index in [0.29, 0.717) is 99.5 Å². The van der Waals surface area contributed by atoms with Gasteiger partial charge in [-0.15, -0.1) is 5.76 Å². The predicted octanol–water partition coefficient (Wildman–Crippen LogP) is 4.94. The summed E-state index contributed by atoms with van der Waals surface area (Å²) in [5, 5.41) is 18.0. The van der Waals surface area contributed by atoms with Crippen LogP contribution >= 0.6 is 0 Å². The fraction of sp³-hybridized carbons (Fsp3) is 0.645. The number of allylic oxidation sites excluding steroid dienone is 10. The van der Waals surface area contributed by atoms with Crippen molar-refractivity contribution >= 4 is 35.0 Å². The van der Waals surface area contributed by atoms with Crippen LogP contribution in [0.1, 0.15) is 53.4 Å². The van der Waals surface area contributed by atoms with Crippen molar-refractivity contribution in [3.05, 3.63) is 91.5 Å². The van der Waals surface area contributed by atoms with Crippen molar-refractivity contribution in [3.63, 3.8) is 0 Å². The lowest BCUT2D eigenvalue weighted by molar-refractivity contribution is -0.896. The Labute approximate surface area is 474 Å². The van der Waals surface area contributed by atoms with E-state index < -0.39 is 11.9 Å². The number of hydrogen-bond acceptors (Lipinski definition) is 11. The molecule has 0 saturated carbocycles. The molecule has 17 heteroatoms. The van der Waals surface area contributed by atoms with Gasteiger partial charge in [0.25, 0.3) is 0 Å². The first-order valence-electron chi connectivity index (χ1n) is 28.5. The van der Waals surface area contributed by atoms with Crippen LogP contribution in [0.3, 0.4) is 0 Å². The van der Waals surface area contributed by atoms with Gasteiger partial charge in [-0.2, -0.15) is 0 Å². The van der Waals surface area contributed by atoms with Gasteiger partial charge in [0.15, 0.2) is 0 Å². The molecule has 79 heavy (non-hydrogen) atoms. The molecule has 0 amide bonds. The quantitative estimate of drug-likeness (QED) is 0.0813. The van der Waals surface area contributed by atoms with E-state index >= 15 is 0 Å². The molecule has 1 N–H and O–H groups in total. The maximum absolute atomic E-state index is 14.9. The molecule has 436 valence electrons. The van der Waals surface area contributed by atoms with Crippen molar-refractivity contribution in [1.82, 2.24) is 5.32 Å². The van der Waals surface area contributed by atoms with Gasteiger partial charge in [-0.25, -0.2) is 24.6 Å². The Morgan fingerprint density at radius 1 is 0.608 bits per heavy atom. The number of hydrogen-bond donors (Lipinski definition) is 1. The van der Waals surface area contributed by atoms with E-state index in [4.69, 9.17) is 29.2 Å². The smallest absolute Gasteiger partial charge is 0.340 e. The highest BCUT2D eigenvalue weighted by atomic mass is 16.5. The average Bonchev–Trinajstić information content (AvgIpc) is 4.15. The third kappa shape index (κ3) is 16.9. The first-order valence-corrected chi connectivity index (χ1v) is 28.5. The number of carbonyl (C=O) groups is 3. The van der Waals surface area contributed by atoms with Crippen molar-refractivity contribution < 1.29 is 60.6 Å². The van der Waals surface area contributed by atoms with Crippen LogP contribution in [-0.2, 0) is 28.6 Å². The van der Waals surface area contributed by atoms with E-state index in [1.807, 2.05) is 32.9 Å². The first kappa shape index (κ1) is 62.9. The summed E-state index contributed by atoms with van der Waals surface area (Å²) in [6.07, 6.45) is 6.83. The van der Waals surface area contributed by atoms with E-state index in [9.17, 15) is 19.5 Å². The van der Waals surface area contributed by atoms with E-state index in [0.717, 1.165) is 70.8 Å². The lowest BCUT2D eigenvalue weighted by atomic mass is 9.86. The molecule has 5 heterocycles. The molecule has 6 rings (SSSR count). The second-order valence-corrected chi connectivity index (χ2v) is 29.6. The molecule has 6 aliphatic rings. The van der Waals surface area contributed by atoms with Crippen molar-refractivity contribution in [2.24, 2.45) is 44.6 Å². The number of rotatable bonds is 24. The minimum Gasteiger partial charge on any atom is -0.875 e. The third-order valence-corrected chi connectivity index (χ3v) is 15.0. The van der Waals surface area contributed by atoms with Gasteiger partial charge in [-0.3, -0.25) is 4.79 Å². The molecule has 1 saturated heterocycles. The third-order valence-electron chi connectivity index (χ3n) is 15.0. The lowest BCUT2D eigenvalue weighted by Gasteiger charge is -2.33. The number of nitrogens with one attached hydrogen (secondary N) is 1. The van der Waals surface area contributed by atoms with E-state index in [1.165, 1.54) is 0 Å². The molecular formula is C62H101N10O7+5. The first-order chi connectivity index (χ1) is 36.2. The molecule has 0 aromatic rings. The predicted molar refractivity (Wildman–Crippen MR) is 314 cm³/mol. The monoisotopic (exact) mass is 1100 g/mol. The van der Waals surface area contributed by atoms with Gasteiger partial charge in [0.2, 0.25) is 0 Å². The second-order valence-electron chi connectivity index (χ2n) is 29.6. The summed E-state index contributed by atoms with van der Waals surface area (Å²) < 4.78 is 23.1. The lowest BCUT2D eigenvalue weighted by Crippen LogP contribution is -2.48. The maximum Gasteiger partial charge on any atom is 0.340 e. The van der Waals surface area contributed by atoms with E-state index in [-0.39, 0.29) is 67.4 Å². The Morgan fingerprint density at radius 2 is 1.06 bits per heavy atom. The Hall–Kier alpha value is -5.30. The molecule has 17 nitrogen and oxygen atoms in total. The minimum absolute atomic E-state index is 0.0258. The highest BCUT2D eigenvalue weighted by Crippen LogP contribution is 2.46. The summed E-state index contributed by atoms with van der Waals surface area (Å²) in [7, 11) is 38.7. The number of nitrogens with zero attached hydrogens (tertiary/aromatic N) is 9. The van der Waals surface area contributed by atoms with Crippen LogP contribution in [0.4, 0.5) is 0 Å². The zero-order valence-electron chi connectivity index (χ0n) is 52.7. The zero-order valence-corrected chi connectivity index (χ0v) is 52.7. The van der Waals surface area contributed by atoms with Gasteiger partial charge in [0, 0.05) is 35.2 Å². The van der Waals surface area contributed by atoms with Crippen molar-refractivity contribution in [1.29, 1.82) is 0 Å². The minimum atomic E-state index is -0.508. The Morgan fingerprint density at radius 3 is 1.53 bits per heavy atom. The molecular weight excluding hydrogens is 997 g/mol. The molecule has 0 aromatic carbocycles. The summed E-state index contributed by atoms with van der Waals surface area (Å²) in [6.45, 7) is 13.6. The number of carbonyl (C=O) groups excluding carboxylic acids is 3. The largest absolute Gasteiger partial charge is 0.875 e. The van der Waals surface area contributed by atoms with Crippen molar-refractivity contribution in [2.75, 3.05) is 186 Å². The molecule has 2 atom stereocenters. The number of fused-ring (bicyclic) bond motifs is 5. The Kier molecular flexibility index (Phi) is 18.8. The fourth-order valence-electron chi connectivity index (χ4n) is 12.6. The normalized spacial score (nSPS) is 20.2. The highest BCUT2D eigenvalue weighted by molar-refractivity contribution is 6.29. The standard InChI is InChI=1S/C62H100N10O7/c1-23-45-51-28-50-41(4)57-54(73)26-47(60(57)66-50)59-46(24-25-55(74)77-36-42(30-67(5,6)7)31-68(8,9)10)39(2)48(65-59)27-49-40(3)56(61(75)78-37-43(32-69(11,12)13)33-70(14,15)16)52(63-49)29-53(64-51)58(45)62(76)79-38-44(34-71(17,18)19)35-72(20,21)22/h27-29,39,42-44,46H,23-26,30-38H2,1-22H3/q+4/p+1/t39-,46-/m0/s1. The van der Waals surface area contributed by atoms with Crippen LogP contribution in [0.5, 0.6) is 0 Å². The molecule has 1 aliphatic carbocycles. The van der Waals surface area contributed by atoms with Gasteiger partial charge < -0.3 is 51.5 Å². The number of aliphatic imine (C=N–C) groups is 3. The highest BCUT2D eigenvalue weighted by Gasteiger charge is 2.42. The van der Waals surface area contributed by atoms with Crippen LogP contribution in [0.15, 0.2) is 106 Å². The van der Waals surface area contributed by atoms with Gasteiger partial charge in [0.05, 0.1) is 229 Å². The van der Waals surface area contributed by atoms with Gasteiger partial charge in [-0.1, -0.05) is 13.8 Å². The molecule has 0 unspecified atom stereocenters. The topological polar surface area (TPSA) is 151 Å². The van der Waals surface area contributed by atoms with Crippen LogP contribution < -0.4 is 10.4 Å². The maximum atomic E-state index is 14.9. The number of quaternary nitrogens is 6. The van der Waals surface area contributed by atoms with Gasteiger partial charge >= 0.3 is 17.9 Å². The molecule has 1 fully saturated rings. The van der Waals surface area contributed by atoms with Crippen LogP contribution in [-0.4, -0.2) is 248 Å². The molecule has 0 spiro atoms. The molecule has 8 bridgehead atoms. The average molecular weight is 1100 g/mol. The van der Waals surface area contributed by atoms with Gasteiger partial charge in [-0.05, 0) is 73.6 Å². The molecule has 5 aliphatic heterocycles. The summed E-state index contributed by atoms with van der Waals surface area (Å²) in [5.41, 5.74) is 8.61. The second kappa shape index (κ2) is 23.7. The zero-order chi connectivity index (χ0) is 59.1. The molecule has 0 radical (unpaired) electrons. The number of ether oxygens (including phenoxy) is 3. The summed E-state index contributed by atoms with van der Waals surface area (Å²) >= 11 is 0. The van der Waals surface area contributed by atoms with E-state index in [2.05, 4.69) is 139 Å². The van der Waals surface area contributed by atoms with E-state index in [1.54, 1.807) is 6.08 Å². The SMILES string of the molecule is CCC1=C(C(=O)OCC(C[N+](C)(C)C)C[N+](C)(C)C)C2=NC1=CC1=C(C)C3=C([O-])CC(=C4NC(=CC5=NC(=C2)C(C(=O)OCC(C[N+](C)(C)C)C[N+](C)(C)C)=C5C)[C@@H](C)[C@@H]4CCC(=O)OCC(C[N+](C)(C)C)C[N+](C)(C)C)C3=N1. The van der Waals surface area contributed by atoms with Gasteiger partial charge in [0.1, 0.15) is 19.8 Å². The fourth-order valence-corrected chi connectivity index (χ4v) is 12.6. The van der Waals surface area contributed by atoms with Crippen LogP contribution in [0, 0.1) is 29.6 Å². The summed E-state index contributed by atoms with van der Waals surface area (Å²) in [4.78, 5) is 59.3. The van der Waals surface area contributed by atoms with Crippen molar-refractivity contribution in [3.8, 4) is 0 Å². The van der Waals surface area contributed by atoms with Crippen molar-refractivity contribution in [2.45, 2.75) is 53.4 Å². The number of esters is 3.